The molecule has 1 atom stereocenters. The van der Waals surface area contributed by atoms with Crippen LogP contribution in [-0.4, -0.2) is 11.1 Å². The van der Waals surface area contributed by atoms with E-state index in [0.29, 0.717) is 0 Å². The molecular weight excluding hydrogens is 380 g/mol. The van der Waals surface area contributed by atoms with Gasteiger partial charge in [0, 0.05) is 6.42 Å². The van der Waals surface area contributed by atoms with E-state index in [1.54, 1.807) is 0 Å². The molecule has 2 heteroatoms. The Kier molecular flexibility index (Phi) is 24.4. The number of unbranched alkanes of at least 4 members (excludes halogenated alkanes) is 15. The first kappa shape index (κ1) is 29.9. The molecule has 0 aliphatic carbocycles. The van der Waals surface area contributed by atoms with E-state index in [0.717, 1.165) is 31.6 Å². The number of hydrogen-bond donors (Lipinski definition) is 1. The molecule has 0 bridgehead atoms. The molecule has 0 radical (unpaired) electrons. The monoisotopic (exact) mass is 434 g/mol. The summed E-state index contributed by atoms with van der Waals surface area (Å²) in [6, 6.07) is 0. The van der Waals surface area contributed by atoms with Gasteiger partial charge in [0.05, 0.1) is 0 Å². The summed E-state index contributed by atoms with van der Waals surface area (Å²) in [4.78, 5) is 10.4. The molecule has 0 aliphatic rings. The van der Waals surface area contributed by atoms with Crippen molar-refractivity contribution in [2.75, 3.05) is 0 Å². The van der Waals surface area contributed by atoms with Gasteiger partial charge >= 0.3 is 5.97 Å². The van der Waals surface area contributed by atoms with E-state index < -0.39 is 5.97 Å². The Morgan fingerprint density at radius 1 is 0.613 bits per heavy atom. The molecule has 0 heterocycles. The van der Waals surface area contributed by atoms with Crippen molar-refractivity contribution < 1.29 is 9.90 Å². The Labute approximate surface area is 195 Å². The van der Waals surface area contributed by atoms with Gasteiger partial charge < -0.3 is 5.11 Å². The highest BCUT2D eigenvalue weighted by atomic mass is 16.4. The van der Waals surface area contributed by atoms with Crippen LogP contribution in [0.15, 0.2) is 24.3 Å². The van der Waals surface area contributed by atoms with E-state index >= 15 is 0 Å². The van der Waals surface area contributed by atoms with Crippen molar-refractivity contribution in [3.8, 4) is 0 Å². The Hall–Kier alpha value is -1.05. The first-order chi connectivity index (χ1) is 15.2. The molecule has 0 aromatic carbocycles. The number of rotatable bonds is 24. The zero-order valence-corrected chi connectivity index (χ0v) is 21.1. The van der Waals surface area contributed by atoms with Crippen LogP contribution in [0.3, 0.4) is 0 Å². The fourth-order valence-corrected chi connectivity index (χ4v) is 3.94. The van der Waals surface area contributed by atoms with Crippen LogP contribution in [0.2, 0.25) is 0 Å². The van der Waals surface area contributed by atoms with Crippen LogP contribution >= 0.6 is 0 Å². The second-order valence-electron chi connectivity index (χ2n) is 9.49. The molecule has 0 spiro atoms. The molecule has 0 saturated carbocycles. The number of hydrogen-bond acceptors (Lipinski definition) is 1. The van der Waals surface area contributed by atoms with E-state index in [1.807, 2.05) is 0 Å². The van der Waals surface area contributed by atoms with E-state index in [9.17, 15) is 4.79 Å². The van der Waals surface area contributed by atoms with Crippen molar-refractivity contribution in [3.63, 3.8) is 0 Å². The van der Waals surface area contributed by atoms with Crippen LogP contribution in [0.5, 0.6) is 0 Å². The van der Waals surface area contributed by atoms with Gasteiger partial charge in [0.1, 0.15) is 0 Å². The van der Waals surface area contributed by atoms with Gasteiger partial charge in [-0.15, -0.1) is 0 Å². The molecule has 0 fully saturated rings. The lowest BCUT2D eigenvalue weighted by Gasteiger charge is -2.07. The Bertz CT molecular complexity index is 424. The van der Waals surface area contributed by atoms with Gasteiger partial charge in [0.2, 0.25) is 0 Å². The van der Waals surface area contributed by atoms with Gasteiger partial charge in [-0.3, -0.25) is 4.79 Å². The maximum absolute atomic E-state index is 10.4. The molecule has 0 saturated heterocycles. The first-order valence-corrected chi connectivity index (χ1v) is 13.7. The minimum Gasteiger partial charge on any atom is -0.481 e. The Morgan fingerprint density at radius 2 is 1.00 bits per heavy atom. The topological polar surface area (TPSA) is 37.3 Å². The normalized spacial score (nSPS) is 12.8. The summed E-state index contributed by atoms with van der Waals surface area (Å²) in [6.45, 7) is 4.69. The summed E-state index contributed by atoms with van der Waals surface area (Å²) in [6.07, 6.45) is 35.6. The van der Waals surface area contributed by atoms with Crippen LogP contribution < -0.4 is 0 Å². The Balaban J connectivity index is 3.15. The lowest BCUT2D eigenvalue weighted by molar-refractivity contribution is -0.137. The average molecular weight is 435 g/mol. The van der Waals surface area contributed by atoms with E-state index in [1.165, 1.54) is 103 Å². The molecule has 0 amide bonds. The average Bonchev–Trinajstić information content (AvgIpc) is 2.76. The number of carboxylic acids is 1. The molecule has 1 N–H and O–H groups in total. The summed E-state index contributed by atoms with van der Waals surface area (Å²) < 4.78 is 0. The van der Waals surface area contributed by atoms with Gasteiger partial charge in [0.25, 0.3) is 0 Å². The molecule has 0 aliphatic heterocycles. The summed E-state index contributed by atoms with van der Waals surface area (Å²) >= 11 is 0. The predicted octanol–water partition coefficient (Wildman–Crippen LogP) is 10.0. The highest BCUT2D eigenvalue weighted by Crippen LogP contribution is 2.16. The molecule has 0 rings (SSSR count). The van der Waals surface area contributed by atoms with Gasteiger partial charge in [0.15, 0.2) is 0 Å². The zero-order valence-electron chi connectivity index (χ0n) is 21.1. The quantitative estimate of drug-likeness (QED) is 0.121. The van der Waals surface area contributed by atoms with Crippen LogP contribution in [0.25, 0.3) is 0 Å². The second kappa shape index (κ2) is 25.2. The number of carbonyl (C=O) groups is 1. The third-order valence-corrected chi connectivity index (χ3v) is 6.36. The fourth-order valence-electron chi connectivity index (χ4n) is 3.94. The van der Waals surface area contributed by atoms with Gasteiger partial charge in [-0.05, 0) is 44.4 Å². The van der Waals surface area contributed by atoms with Gasteiger partial charge in [-0.25, -0.2) is 0 Å². The molecule has 0 aromatic heterocycles. The molecule has 0 unspecified atom stereocenters. The summed E-state index contributed by atoms with van der Waals surface area (Å²) in [5.41, 5.74) is 0. The lowest BCUT2D eigenvalue weighted by atomic mass is 9.99. The van der Waals surface area contributed by atoms with Crippen molar-refractivity contribution >= 4 is 5.97 Å². The third kappa shape index (κ3) is 26.9. The third-order valence-electron chi connectivity index (χ3n) is 6.36. The molecule has 0 aromatic rings. The van der Waals surface area contributed by atoms with Crippen molar-refractivity contribution in [2.45, 2.75) is 149 Å². The van der Waals surface area contributed by atoms with Crippen molar-refractivity contribution in [3.05, 3.63) is 24.3 Å². The van der Waals surface area contributed by atoms with Crippen LogP contribution in [0.1, 0.15) is 149 Å². The SMILES string of the molecule is CC[C@H](C)CCCCCCCCCCCCCCC/C=C\CC/C=C\CCCC(=O)O. The van der Waals surface area contributed by atoms with Gasteiger partial charge in [-0.2, -0.15) is 0 Å². The molecule has 2 nitrogen and oxygen atoms in total. The largest absolute Gasteiger partial charge is 0.481 e. The summed E-state index contributed by atoms with van der Waals surface area (Å²) in [5.74, 6) is 0.236. The summed E-state index contributed by atoms with van der Waals surface area (Å²) in [7, 11) is 0. The van der Waals surface area contributed by atoms with Gasteiger partial charge in [-0.1, -0.05) is 128 Å². The zero-order chi connectivity index (χ0) is 22.8. The van der Waals surface area contributed by atoms with E-state index in [4.69, 9.17) is 5.11 Å². The fraction of sp³-hybridized carbons (Fsp3) is 0.828. The smallest absolute Gasteiger partial charge is 0.303 e. The molecular formula is C29H54O2. The maximum atomic E-state index is 10.4. The van der Waals surface area contributed by atoms with Crippen molar-refractivity contribution in [1.82, 2.24) is 0 Å². The maximum Gasteiger partial charge on any atom is 0.303 e. The molecule has 182 valence electrons. The summed E-state index contributed by atoms with van der Waals surface area (Å²) in [5, 5.41) is 8.57. The van der Waals surface area contributed by atoms with E-state index in [2.05, 4.69) is 38.2 Å². The highest BCUT2D eigenvalue weighted by Gasteiger charge is 1.98. The number of carboxylic acid groups (broad SMARTS) is 1. The predicted molar refractivity (Wildman–Crippen MR) is 138 cm³/mol. The van der Waals surface area contributed by atoms with Crippen LogP contribution in [0, 0.1) is 5.92 Å². The lowest BCUT2D eigenvalue weighted by Crippen LogP contribution is -1.92. The number of allylic oxidation sites excluding steroid dienone is 4. The van der Waals surface area contributed by atoms with Crippen LogP contribution in [0.4, 0.5) is 0 Å². The van der Waals surface area contributed by atoms with Crippen LogP contribution in [-0.2, 0) is 4.79 Å². The minimum absolute atomic E-state index is 0.281. The highest BCUT2D eigenvalue weighted by molar-refractivity contribution is 5.66. The Morgan fingerprint density at radius 3 is 1.45 bits per heavy atom. The first-order valence-electron chi connectivity index (χ1n) is 13.7. The second-order valence-corrected chi connectivity index (χ2v) is 9.49. The van der Waals surface area contributed by atoms with Crippen molar-refractivity contribution in [2.24, 2.45) is 5.92 Å². The minimum atomic E-state index is -0.694. The number of aliphatic carboxylic acids is 1. The standard InChI is InChI=1S/C29H54O2/c1-3-28(2)26-24-22-20-18-16-14-12-10-8-6-4-5-7-9-11-13-15-17-19-21-23-25-27-29(30)31/h11,13,19,21,28H,3-10,12,14-18,20,22-27H2,1-2H3,(H,30,31)/b13-11-,21-19-/t28-/m0/s1. The van der Waals surface area contributed by atoms with Crippen molar-refractivity contribution in [1.29, 1.82) is 0 Å². The van der Waals surface area contributed by atoms with E-state index in [-0.39, 0.29) is 6.42 Å². The molecule has 31 heavy (non-hydrogen) atoms.